The third-order valence-electron chi connectivity index (χ3n) is 5.05. The first-order valence-electron chi connectivity index (χ1n) is 10.4. The fourth-order valence-corrected chi connectivity index (χ4v) is 5.19. The predicted molar refractivity (Wildman–Crippen MR) is 126 cm³/mol. The second-order valence-electron chi connectivity index (χ2n) is 7.47. The van der Waals surface area contributed by atoms with E-state index in [4.69, 9.17) is 4.74 Å². The number of sulfonamides is 1. The fourth-order valence-electron chi connectivity index (χ4n) is 3.25. The van der Waals surface area contributed by atoms with Gasteiger partial charge in [-0.15, -0.1) is 11.3 Å². The molecule has 1 saturated carbocycles. The average Bonchev–Trinajstić information content (AvgIpc) is 3.54. The molecule has 172 valence electrons. The van der Waals surface area contributed by atoms with Crippen LogP contribution in [0.4, 0.5) is 5.69 Å². The molecule has 2 amide bonds. The molecular weight excluding hydrogens is 462 g/mol. The number of carbonyl (C=O) groups excluding carboxylic acids is 2. The largest absolute Gasteiger partial charge is 0.494 e. The fraction of sp³-hybridized carbons (Fsp3) is 0.217. The van der Waals surface area contributed by atoms with E-state index in [0.29, 0.717) is 28.8 Å². The van der Waals surface area contributed by atoms with Crippen molar-refractivity contribution in [2.45, 2.75) is 30.6 Å². The standard InChI is InChI=1S/C23H23N3O5S2/c1-2-31-18-9-11-19(12-10-18)33(29,30)26-17-7-5-16(6-8-17)22(27)24-25-23(28)21-20(13-14-32-21)15-3-4-15/h5-15,26H,2-4H2,1H3,(H,24,27)(H,25,28). The SMILES string of the molecule is CCOc1ccc(S(=O)(=O)Nc2ccc(C(=O)NNC(=O)c3sccc3C3CC3)cc2)cc1. The molecule has 0 saturated heterocycles. The molecule has 0 aliphatic heterocycles. The molecule has 0 bridgehead atoms. The number of thiophene rings is 1. The van der Waals surface area contributed by atoms with Crippen LogP contribution in [0.5, 0.6) is 5.75 Å². The van der Waals surface area contributed by atoms with Crippen molar-refractivity contribution in [2.24, 2.45) is 0 Å². The molecule has 1 heterocycles. The lowest BCUT2D eigenvalue weighted by Crippen LogP contribution is -2.41. The van der Waals surface area contributed by atoms with Gasteiger partial charge in [-0.25, -0.2) is 8.42 Å². The van der Waals surface area contributed by atoms with Gasteiger partial charge in [0.1, 0.15) is 5.75 Å². The minimum atomic E-state index is -3.79. The van der Waals surface area contributed by atoms with E-state index in [0.717, 1.165) is 18.4 Å². The molecular formula is C23H23N3O5S2. The van der Waals surface area contributed by atoms with Gasteiger partial charge in [0.15, 0.2) is 0 Å². The maximum absolute atomic E-state index is 12.6. The van der Waals surface area contributed by atoms with E-state index in [-0.39, 0.29) is 16.4 Å². The zero-order valence-electron chi connectivity index (χ0n) is 17.8. The summed E-state index contributed by atoms with van der Waals surface area (Å²) in [4.78, 5) is 25.5. The van der Waals surface area contributed by atoms with E-state index in [1.54, 1.807) is 12.1 Å². The van der Waals surface area contributed by atoms with Crippen LogP contribution in [0.1, 0.15) is 51.3 Å². The molecule has 1 aliphatic carbocycles. The Balaban J connectivity index is 1.34. The van der Waals surface area contributed by atoms with Crippen LogP contribution in [0, 0.1) is 0 Å². The van der Waals surface area contributed by atoms with Gasteiger partial charge in [-0.05, 0) is 91.2 Å². The number of benzene rings is 2. The molecule has 1 fully saturated rings. The molecule has 2 aromatic carbocycles. The quantitative estimate of drug-likeness (QED) is 0.419. The average molecular weight is 486 g/mol. The van der Waals surface area contributed by atoms with Crippen molar-refractivity contribution in [3.8, 4) is 5.75 Å². The van der Waals surface area contributed by atoms with Gasteiger partial charge in [-0.1, -0.05) is 0 Å². The predicted octanol–water partition coefficient (Wildman–Crippen LogP) is 3.90. The van der Waals surface area contributed by atoms with Gasteiger partial charge in [0.2, 0.25) is 0 Å². The summed E-state index contributed by atoms with van der Waals surface area (Å²) >= 11 is 1.35. The number of hydrazine groups is 1. The van der Waals surface area contributed by atoms with Crippen LogP contribution in [-0.2, 0) is 10.0 Å². The highest BCUT2D eigenvalue weighted by molar-refractivity contribution is 7.92. The summed E-state index contributed by atoms with van der Waals surface area (Å²) in [5.74, 6) is 0.169. The molecule has 0 unspecified atom stereocenters. The Morgan fingerprint density at radius 2 is 1.64 bits per heavy atom. The van der Waals surface area contributed by atoms with Crippen molar-refractivity contribution in [2.75, 3.05) is 11.3 Å². The normalized spacial score (nSPS) is 13.2. The van der Waals surface area contributed by atoms with Crippen molar-refractivity contribution in [1.29, 1.82) is 0 Å². The lowest BCUT2D eigenvalue weighted by Gasteiger charge is -2.10. The first-order chi connectivity index (χ1) is 15.9. The van der Waals surface area contributed by atoms with Gasteiger partial charge in [-0.3, -0.25) is 25.2 Å². The Labute approximate surface area is 196 Å². The van der Waals surface area contributed by atoms with Gasteiger partial charge >= 0.3 is 0 Å². The summed E-state index contributed by atoms with van der Waals surface area (Å²) in [6, 6.07) is 13.9. The number of nitrogens with one attached hydrogen (secondary N) is 3. The van der Waals surface area contributed by atoms with E-state index in [1.165, 1.54) is 47.7 Å². The number of anilines is 1. The van der Waals surface area contributed by atoms with E-state index >= 15 is 0 Å². The second kappa shape index (κ2) is 9.63. The summed E-state index contributed by atoms with van der Waals surface area (Å²) in [5, 5.41) is 1.87. The maximum Gasteiger partial charge on any atom is 0.280 e. The third kappa shape index (κ3) is 5.52. The summed E-state index contributed by atoms with van der Waals surface area (Å²) in [6.45, 7) is 2.34. The number of amides is 2. The number of hydrogen-bond acceptors (Lipinski definition) is 6. The maximum atomic E-state index is 12.6. The third-order valence-corrected chi connectivity index (χ3v) is 7.38. The van der Waals surface area contributed by atoms with Gasteiger partial charge in [0.05, 0.1) is 16.4 Å². The van der Waals surface area contributed by atoms with Crippen LogP contribution in [0.3, 0.4) is 0 Å². The lowest BCUT2D eigenvalue weighted by molar-refractivity contribution is 0.0848. The van der Waals surface area contributed by atoms with Crippen molar-refractivity contribution >= 4 is 38.9 Å². The van der Waals surface area contributed by atoms with Crippen molar-refractivity contribution in [3.05, 3.63) is 76.0 Å². The number of ether oxygens (including phenoxy) is 1. The van der Waals surface area contributed by atoms with E-state index in [2.05, 4.69) is 15.6 Å². The molecule has 0 radical (unpaired) electrons. The summed E-state index contributed by atoms with van der Waals surface area (Å²) in [5.41, 5.74) is 6.44. The molecule has 10 heteroatoms. The Morgan fingerprint density at radius 1 is 0.970 bits per heavy atom. The first-order valence-corrected chi connectivity index (χ1v) is 12.8. The Hall–Kier alpha value is -3.37. The zero-order chi connectivity index (χ0) is 23.4. The van der Waals surface area contributed by atoms with Crippen LogP contribution < -0.4 is 20.3 Å². The second-order valence-corrected chi connectivity index (χ2v) is 10.1. The van der Waals surface area contributed by atoms with Gasteiger partial charge in [-0.2, -0.15) is 0 Å². The van der Waals surface area contributed by atoms with E-state index in [1.807, 2.05) is 18.4 Å². The Morgan fingerprint density at radius 3 is 2.27 bits per heavy atom. The van der Waals surface area contributed by atoms with Crippen LogP contribution in [0.25, 0.3) is 0 Å². The van der Waals surface area contributed by atoms with Crippen molar-refractivity contribution < 1.29 is 22.7 Å². The van der Waals surface area contributed by atoms with Crippen molar-refractivity contribution in [1.82, 2.24) is 10.9 Å². The van der Waals surface area contributed by atoms with Gasteiger partial charge < -0.3 is 4.74 Å². The summed E-state index contributed by atoms with van der Waals surface area (Å²) in [7, 11) is -3.79. The van der Waals surface area contributed by atoms with Crippen molar-refractivity contribution in [3.63, 3.8) is 0 Å². The molecule has 8 nitrogen and oxygen atoms in total. The monoisotopic (exact) mass is 485 g/mol. The van der Waals surface area contributed by atoms with E-state index in [9.17, 15) is 18.0 Å². The van der Waals surface area contributed by atoms with E-state index < -0.39 is 15.9 Å². The number of hydrogen-bond donors (Lipinski definition) is 3. The molecule has 3 aromatic rings. The summed E-state index contributed by atoms with van der Waals surface area (Å²) < 4.78 is 33.0. The topological polar surface area (TPSA) is 114 Å². The highest BCUT2D eigenvalue weighted by Crippen LogP contribution is 2.43. The van der Waals surface area contributed by atoms with Crippen LogP contribution >= 0.6 is 11.3 Å². The number of carbonyl (C=O) groups is 2. The van der Waals surface area contributed by atoms with Crippen LogP contribution in [0.15, 0.2) is 64.9 Å². The minimum Gasteiger partial charge on any atom is -0.494 e. The first kappa shape index (κ1) is 22.8. The minimum absolute atomic E-state index is 0.0922. The van der Waals surface area contributed by atoms with Crippen LogP contribution in [-0.4, -0.2) is 26.8 Å². The smallest absolute Gasteiger partial charge is 0.280 e. The molecule has 0 atom stereocenters. The highest BCUT2D eigenvalue weighted by Gasteiger charge is 2.29. The molecule has 1 aliphatic rings. The molecule has 1 aromatic heterocycles. The summed E-state index contributed by atoms with van der Waals surface area (Å²) in [6.07, 6.45) is 2.16. The molecule has 3 N–H and O–H groups in total. The lowest BCUT2D eigenvalue weighted by atomic mass is 10.1. The molecule has 0 spiro atoms. The molecule has 4 rings (SSSR count). The molecule has 33 heavy (non-hydrogen) atoms. The zero-order valence-corrected chi connectivity index (χ0v) is 19.5. The Kier molecular flexibility index (Phi) is 6.66. The Bertz CT molecular complexity index is 1250. The van der Waals surface area contributed by atoms with Gasteiger partial charge in [0.25, 0.3) is 21.8 Å². The highest BCUT2D eigenvalue weighted by atomic mass is 32.2. The van der Waals surface area contributed by atoms with Gasteiger partial charge in [0, 0.05) is 11.3 Å². The van der Waals surface area contributed by atoms with Crippen LogP contribution in [0.2, 0.25) is 0 Å². The number of rotatable bonds is 8.